The van der Waals surface area contributed by atoms with Gasteiger partial charge in [0.25, 0.3) is 0 Å². The molecule has 0 fully saturated rings. The second-order valence-corrected chi connectivity index (χ2v) is 5.63. The van der Waals surface area contributed by atoms with Crippen LogP contribution >= 0.6 is 23.2 Å². The molecule has 0 aliphatic carbocycles. The van der Waals surface area contributed by atoms with Gasteiger partial charge in [0.05, 0.1) is 11.6 Å². The van der Waals surface area contributed by atoms with Crippen molar-refractivity contribution in [3.05, 3.63) is 58.3 Å². The van der Waals surface area contributed by atoms with Gasteiger partial charge >= 0.3 is 0 Å². The molecule has 0 aliphatic heterocycles. The molecule has 2 aromatic rings. The number of nitrogens with zero attached hydrogens (tertiary/aromatic N) is 2. The van der Waals surface area contributed by atoms with Gasteiger partial charge in [-0.1, -0.05) is 29.3 Å². The minimum absolute atomic E-state index is 0.0992. The molecule has 1 N–H and O–H groups in total. The third-order valence-electron chi connectivity index (χ3n) is 3.10. The van der Waals surface area contributed by atoms with Crippen LogP contribution in [-0.2, 0) is 6.54 Å². The quantitative estimate of drug-likeness (QED) is 0.801. The predicted octanol–water partition coefficient (Wildman–Crippen LogP) is 3.26. The van der Waals surface area contributed by atoms with Gasteiger partial charge in [0.2, 0.25) is 0 Å². The standard InChI is InChI=1S/C16H18Cl2N2O2/c17-14-3-4-16(15(18)10-14)22-9-7-20(6-8-21)12-13-2-1-5-19-11-13/h1-5,10-11,21H,6-9,12H2. The van der Waals surface area contributed by atoms with E-state index >= 15 is 0 Å². The van der Waals surface area contributed by atoms with Crippen molar-refractivity contribution in [3.63, 3.8) is 0 Å². The molecular weight excluding hydrogens is 323 g/mol. The van der Waals surface area contributed by atoms with Gasteiger partial charge in [-0.15, -0.1) is 0 Å². The van der Waals surface area contributed by atoms with Crippen molar-refractivity contribution in [2.45, 2.75) is 6.54 Å². The van der Waals surface area contributed by atoms with Crippen molar-refractivity contribution in [1.29, 1.82) is 0 Å². The Labute approximate surface area is 140 Å². The summed E-state index contributed by atoms with van der Waals surface area (Å²) in [5, 5.41) is 10.2. The summed E-state index contributed by atoms with van der Waals surface area (Å²) in [4.78, 5) is 6.19. The third-order valence-corrected chi connectivity index (χ3v) is 3.63. The van der Waals surface area contributed by atoms with E-state index in [1.165, 1.54) is 0 Å². The van der Waals surface area contributed by atoms with Crippen molar-refractivity contribution >= 4 is 23.2 Å². The summed E-state index contributed by atoms with van der Waals surface area (Å²) < 4.78 is 5.68. The van der Waals surface area contributed by atoms with Gasteiger partial charge in [-0.2, -0.15) is 0 Å². The maximum atomic E-state index is 9.17. The second-order valence-electron chi connectivity index (χ2n) is 4.78. The van der Waals surface area contributed by atoms with Crippen LogP contribution in [0.4, 0.5) is 0 Å². The van der Waals surface area contributed by atoms with E-state index in [1.54, 1.807) is 24.4 Å². The summed E-state index contributed by atoms with van der Waals surface area (Å²) in [7, 11) is 0. The summed E-state index contributed by atoms with van der Waals surface area (Å²) in [6.45, 7) is 2.54. The molecule has 0 aliphatic rings. The highest BCUT2D eigenvalue weighted by atomic mass is 35.5. The van der Waals surface area contributed by atoms with Crippen LogP contribution in [-0.4, -0.2) is 41.3 Å². The van der Waals surface area contributed by atoms with Crippen LogP contribution in [0.2, 0.25) is 10.0 Å². The first-order valence-electron chi connectivity index (χ1n) is 6.99. The number of hydrogen-bond acceptors (Lipinski definition) is 4. The van der Waals surface area contributed by atoms with Crippen LogP contribution < -0.4 is 4.74 Å². The predicted molar refractivity (Wildman–Crippen MR) is 88.6 cm³/mol. The molecule has 6 heteroatoms. The van der Waals surface area contributed by atoms with Crippen LogP contribution in [0, 0.1) is 0 Å². The normalized spacial score (nSPS) is 10.9. The van der Waals surface area contributed by atoms with Gasteiger partial charge < -0.3 is 9.84 Å². The number of halogens is 2. The molecule has 1 heterocycles. The second kappa shape index (κ2) is 8.96. The molecule has 4 nitrogen and oxygen atoms in total. The van der Waals surface area contributed by atoms with Gasteiger partial charge in [-0.05, 0) is 29.8 Å². The Morgan fingerprint density at radius 2 is 2.05 bits per heavy atom. The number of ether oxygens (including phenoxy) is 1. The molecule has 0 amide bonds. The summed E-state index contributed by atoms with van der Waals surface area (Å²) >= 11 is 11.9. The first-order chi connectivity index (χ1) is 10.7. The van der Waals surface area contributed by atoms with Crippen molar-refractivity contribution in [3.8, 4) is 5.75 Å². The Hall–Kier alpha value is -1.33. The highest BCUT2D eigenvalue weighted by Crippen LogP contribution is 2.27. The summed E-state index contributed by atoms with van der Waals surface area (Å²) in [5.74, 6) is 0.608. The molecule has 0 bridgehead atoms. The lowest BCUT2D eigenvalue weighted by Gasteiger charge is -2.21. The zero-order valence-electron chi connectivity index (χ0n) is 12.1. The molecule has 0 atom stereocenters. The zero-order chi connectivity index (χ0) is 15.8. The number of hydrogen-bond donors (Lipinski definition) is 1. The molecule has 0 radical (unpaired) electrons. The Bertz CT molecular complexity index is 582. The van der Waals surface area contributed by atoms with E-state index in [1.807, 2.05) is 18.3 Å². The molecule has 0 saturated carbocycles. The monoisotopic (exact) mass is 340 g/mol. The van der Waals surface area contributed by atoms with E-state index in [4.69, 9.17) is 27.9 Å². The summed E-state index contributed by atoms with van der Waals surface area (Å²) in [5.41, 5.74) is 1.10. The van der Waals surface area contributed by atoms with Crippen LogP contribution in [0.5, 0.6) is 5.75 Å². The molecule has 2 rings (SSSR count). The molecule has 0 saturated heterocycles. The molecule has 0 unspecified atom stereocenters. The first-order valence-corrected chi connectivity index (χ1v) is 7.74. The van der Waals surface area contributed by atoms with E-state index in [-0.39, 0.29) is 6.61 Å². The van der Waals surface area contributed by atoms with E-state index < -0.39 is 0 Å². The van der Waals surface area contributed by atoms with Gasteiger partial charge in [0.15, 0.2) is 0 Å². The van der Waals surface area contributed by atoms with Gasteiger partial charge in [0, 0.05) is 37.1 Å². The van der Waals surface area contributed by atoms with Gasteiger partial charge in [0.1, 0.15) is 12.4 Å². The summed E-state index contributed by atoms with van der Waals surface area (Å²) in [6.07, 6.45) is 3.56. The Kier molecular flexibility index (Phi) is 6.93. The number of pyridine rings is 1. The number of aliphatic hydroxyl groups excluding tert-OH is 1. The van der Waals surface area contributed by atoms with E-state index in [9.17, 15) is 5.11 Å². The Balaban J connectivity index is 1.86. The van der Waals surface area contributed by atoms with E-state index in [0.717, 1.165) is 5.56 Å². The number of aliphatic hydroxyl groups is 1. The lowest BCUT2D eigenvalue weighted by Crippen LogP contribution is -2.30. The van der Waals surface area contributed by atoms with Crippen LogP contribution in [0.1, 0.15) is 5.56 Å². The smallest absolute Gasteiger partial charge is 0.138 e. The number of benzene rings is 1. The number of rotatable bonds is 8. The van der Waals surface area contributed by atoms with Gasteiger partial charge in [-0.3, -0.25) is 9.88 Å². The highest BCUT2D eigenvalue weighted by Gasteiger charge is 2.07. The Morgan fingerprint density at radius 3 is 2.73 bits per heavy atom. The molecule has 0 spiro atoms. The fourth-order valence-corrected chi connectivity index (χ4v) is 2.50. The van der Waals surface area contributed by atoms with E-state index in [2.05, 4.69) is 9.88 Å². The SMILES string of the molecule is OCCN(CCOc1ccc(Cl)cc1Cl)Cc1cccnc1. The maximum absolute atomic E-state index is 9.17. The van der Waals surface area contributed by atoms with Gasteiger partial charge in [-0.25, -0.2) is 0 Å². The van der Waals surface area contributed by atoms with Crippen molar-refractivity contribution in [2.24, 2.45) is 0 Å². The molecular formula is C16H18Cl2N2O2. The fourth-order valence-electron chi connectivity index (χ4n) is 2.04. The lowest BCUT2D eigenvalue weighted by atomic mass is 10.2. The molecule has 22 heavy (non-hydrogen) atoms. The first kappa shape index (κ1) is 17.0. The molecule has 1 aromatic carbocycles. The minimum Gasteiger partial charge on any atom is -0.491 e. The largest absolute Gasteiger partial charge is 0.491 e. The lowest BCUT2D eigenvalue weighted by molar-refractivity contribution is 0.163. The average molecular weight is 341 g/mol. The zero-order valence-corrected chi connectivity index (χ0v) is 13.6. The Morgan fingerprint density at radius 1 is 1.18 bits per heavy atom. The van der Waals surface area contributed by atoms with Crippen molar-refractivity contribution in [2.75, 3.05) is 26.3 Å². The van der Waals surface area contributed by atoms with Crippen LogP contribution in [0.15, 0.2) is 42.7 Å². The summed E-state index contributed by atoms with van der Waals surface area (Å²) in [6, 6.07) is 9.05. The molecule has 1 aromatic heterocycles. The maximum Gasteiger partial charge on any atom is 0.138 e. The highest BCUT2D eigenvalue weighted by molar-refractivity contribution is 6.35. The van der Waals surface area contributed by atoms with Crippen LogP contribution in [0.25, 0.3) is 0 Å². The van der Waals surface area contributed by atoms with Crippen LogP contribution in [0.3, 0.4) is 0 Å². The molecule has 118 valence electrons. The fraction of sp³-hybridized carbons (Fsp3) is 0.312. The van der Waals surface area contributed by atoms with Crippen molar-refractivity contribution < 1.29 is 9.84 Å². The van der Waals surface area contributed by atoms with E-state index in [0.29, 0.717) is 42.0 Å². The minimum atomic E-state index is 0.0992. The number of aromatic nitrogens is 1. The average Bonchev–Trinajstić information content (AvgIpc) is 2.50. The third kappa shape index (κ3) is 5.46. The topological polar surface area (TPSA) is 45.6 Å². The van der Waals surface area contributed by atoms with Crippen molar-refractivity contribution in [1.82, 2.24) is 9.88 Å².